The first-order chi connectivity index (χ1) is 28.9. The van der Waals surface area contributed by atoms with Crippen molar-refractivity contribution in [2.75, 3.05) is 0 Å². The minimum Gasteiger partial charge on any atom is -0.744 e. The summed E-state index contributed by atoms with van der Waals surface area (Å²) in [5, 5.41) is 28.5. The molecule has 0 fully saturated rings. The maximum atomic E-state index is 10.4. The fourth-order valence-electron chi connectivity index (χ4n) is 6.96. The zero-order valence-electron chi connectivity index (χ0n) is 33.3. The number of hydrogen-bond acceptors (Lipinski definition) is 10. The molecule has 0 radical (unpaired) electrons. The summed E-state index contributed by atoms with van der Waals surface area (Å²) in [7, 11) is 1.94. The van der Waals surface area contributed by atoms with Crippen LogP contribution in [-0.2, 0) is 42.1 Å². The second-order valence-corrected chi connectivity index (χ2v) is 15.3. The molecular weight excluding hydrogens is 805 g/mol. The highest BCUT2D eigenvalue weighted by molar-refractivity contribution is 7.99. The van der Waals surface area contributed by atoms with Gasteiger partial charge in [-0.15, -0.1) is 4.57 Å². The Hall–Kier alpha value is -6.58. The van der Waals surface area contributed by atoms with Gasteiger partial charge in [0.1, 0.15) is 29.2 Å². The predicted molar refractivity (Wildman–Crippen MR) is 228 cm³/mol. The van der Waals surface area contributed by atoms with Crippen molar-refractivity contribution in [1.29, 1.82) is 0 Å². The van der Waals surface area contributed by atoms with Crippen molar-refractivity contribution >= 4 is 88.0 Å². The normalized spacial score (nSPS) is 10.8. The lowest BCUT2D eigenvalue weighted by Crippen LogP contribution is -2.34. The molecule has 4 aromatic heterocycles. The Morgan fingerprint density at radius 3 is 1.78 bits per heavy atom. The average Bonchev–Trinajstić information content (AvgIpc) is 3.91. The quantitative estimate of drug-likeness (QED) is 0.0486. The minimum absolute atomic E-state index is 0.178. The van der Waals surface area contributed by atoms with Crippen LogP contribution in [0.25, 0.3) is 65.8 Å². The maximum Gasteiger partial charge on any atom is 0.345 e. The number of nitrogens with zero attached hydrogens (tertiary/aromatic N) is 4. The van der Waals surface area contributed by atoms with E-state index in [0.717, 1.165) is 45.1 Å². The van der Waals surface area contributed by atoms with Crippen molar-refractivity contribution < 1.29 is 51.0 Å². The first-order valence-corrected chi connectivity index (χ1v) is 20.2. The van der Waals surface area contributed by atoms with Gasteiger partial charge in [0, 0.05) is 82.1 Å². The molecule has 0 saturated carbocycles. The molecule has 15 heteroatoms. The Labute approximate surface area is 349 Å². The number of rotatable bonds is 3. The third kappa shape index (κ3) is 8.87. The Balaban J connectivity index is 0.000000162. The van der Waals surface area contributed by atoms with Crippen molar-refractivity contribution in [3.05, 3.63) is 114 Å². The van der Waals surface area contributed by atoms with Crippen molar-refractivity contribution in [3.8, 4) is 34.9 Å². The molecule has 13 nitrogen and oxygen atoms in total. The van der Waals surface area contributed by atoms with E-state index in [9.17, 15) is 13.0 Å². The second-order valence-electron chi connectivity index (χ2n) is 13.4. The monoisotopic (exact) mass is 842 g/mol. The van der Waals surface area contributed by atoms with E-state index in [2.05, 4.69) is 134 Å². The van der Waals surface area contributed by atoms with Crippen LogP contribution < -0.4 is 14.4 Å². The first-order valence-electron chi connectivity index (χ1n) is 18.1. The molecule has 0 unspecified atom stereocenters. The highest BCUT2D eigenvalue weighted by Crippen LogP contribution is 2.32. The van der Waals surface area contributed by atoms with E-state index in [0.29, 0.717) is 18.6 Å². The van der Waals surface area contributed by atoms with E-state index < -0.39 is 10.1 Å². The third-order valence-corrected chi connectivity index (χ3v) is 11.1. The number of fused-ring (bicyclic) bond motifs is 8. The van der Waals surface area contributed by atoms with Crippen molar-refractivity contribution in [3.63, 3.8) is 0 Å². The number of hydrogen-bond donors (Lipinski definition) is 2. The summed E-state index contributed by atoms with van der Waals surface area (Å²) in [6.07, 6.45) is 0. The molecule has 0 amide bonds. The van der Waals surface area contributed by atoms with Gasteiger partial charge in [0.05, 0.1) is 29.8 Å². The van der Waals surface area contributed by atoms with Gasteiger partial charge in [0.15, 0.2) is 0 Å². The summed E-state index contributed by atoms with van der Waals surface area (Å²) in [6, 6.07) is 31.2. The summed E-state index contributed by atoms with van der Waals surface area (Å²) >= 11 is 0.602. The summed E-state index contributed by atoms with van der Waals surface area (Å²) in [4.78, 5) is -0.178. The van der Waals surface area contributed by atoms with Gasteiger partial charge in [-0.1, -0.05) is 54.1 Å². The highest BCUT2D eigenvalue weighted by Gasteiger charge is 2.21. The Morgan fingerprint density at radius 1 is 0.700 bits per heavy atom. The number of para-hydroxylation sites is 2. The van der Waals surface area contributed by atoms with E-state index in [1.165, 1.54) is 50.2 Å². The molecule has 2 N–H and O–H groups in total. The van der Waals surface area contributed by atoms with E-state index in [1.54, 1.807) is 12.1 Å². The first kappa shape index (κ1) is 43.0. The molecule has 5 aromatic carbocycles. The van der Waals surface area contributed by atoms with Gasteiger partial charge in [0.2, 0.25) is 17.7 Å². The summed E-state index contributed by atoms with van der Waals surface area (Å²) in [5.41, 5.74) is 9.63. The molecule has 0 spiro atoms. The fourth-order valence-corrected chi connectivity index (χ4v) is 7.56. The number of aryl methyl sites for hydroxylation is 6. The Morgan fingerprint density at radius 2 is 1.22 bits per heavy atom. The largest absolute Gasteiger partial charge is 0.744 e. The van der Waals surface area contributed by atoms with Crippen LogP contribution in [0, 0.1) is 55.6 Å². The van der Waals surface area contributed by atoms with Gasteiger partial charge in [-0.05, 0) is 54.9 Å². The molecule has 0 aliphatic carbocycles. The number of aromatic nitrogens is 4. The van der Waals surface area contributed by atoms with Gasteiger partial charge in [-0.3, -0.25) is 0 Å². The lowest BCUT2D eigenvalue weighted by molar-refractivity contribution is -0.670. The SMILES string of the molecule is Cc1ccc(S(=O)(=O)[O-])cc1.Cc1oc2cc3c(cc2[n+]1C)c1ccccc1n3C.Cc1oc2cc3c(cc2[n+]1CC#CC#CC#CSOO)c1ccccc1n3C.[O-]O. The molecule has 304 valence electrons. The summed E-state index contributed by atoms with van der Waals surface area (Å²) < 4.78 is 55.2. The van der Waals surface area contributed by atoms with Gasteiger partial charge in [-0.2, -0.15) is 8.90 Å². The molecule has 0 atom stereocenters. The lowest BCUT2D eigenvalue weighted by Gasteiger charge is -2.05. The Kier molecular flexibility index (Phi) is 13.3. The van der Waals surface area contributed by atoms with Crippen LogP contribution in [0.4, 0.5) is 0 Å². The number of benzene rings is 5. The van der Waals surface area contributed by atoms with Crippen molar-refractivity contribution in [2.24, 2.45) is 21.1 Å². The molecular formula is C45H38N4O9S2. The third-order valence-electron chi connectivity index (χ3n) is 9.96. The van der Waals surface area contributed by atoms with E-state index >= 15 is 0 Å². The Bertz CT molecular complexity index is 3350. The topological polar surface area (TPSA) is 174 Å². The average molecular weight is 843 g/mol. The van der Waals surface area contributed by atoms with Gasteiger partial charge in [-0.25, -0.2) is 13.7 Å². The van der Waals surface area contributed by atoms with Gasteiger partial charge < -0.3 is 33.0 Å². The predicted octanol–water partition coefficient (Wildman–Crippen LogP) is 6.71. The van der Waals surface area contributed by atoms with E-state index in [-0.39, 0.29) is 4.90 Å². The second kappa shape index (κ2) is 18.6. The lowest BCUT2D eigenvalue weighted by atomic mass is 10.1. The van der Waals surface area contributed by atoms with Crippen LogP contribution in [0.5, 0.6) is 0 Å². The van der Waals surface area contributed by atoms with E-state index in [1.807, 2.05) is 38.5 Å². The van der Waals surface area contributed by atoms with E-state index in [4.69, 9.17) is 24.6 Å². The highest BCUT2D eigenvalue weighted by atomic mass is 32.2. The molecule has 9 aromatic rings. The maximum absolute atomic E-state index is 10.4. The molecule has 0 saturated heterocycles. The van der Waals surface area contributed by atoms with Crippen LogP contribution >= 0.6 is 12.0 Å². The van der Waals surface area contributed by atoms with Crippen molar-refractivity contribution in [2.45, 2.75) is 32.2 Å². The molecule has 4 heterocycles. The summed E-state index contributed by atoms with van der Waals surface area (Å²) in [6.45, 7) is 6.20. The van der Waals surface area contributed by atoms with Crippen LogP contribution in [0.1, 0.15) is 17.3 Å². The van der Waals surface area contributed by atoms with Crippen LogP contribution in [0.3, 0.4) is 0 Å². The molecule has 0 aliphatic rings. The van der Waals surface area contributed by atoms with Gasteiger partial charge >= 0.3 is 11.8 Å². The van der Waals surface area contributed by atoms with Crippen LogP contribution in [-0.4, -0.2) is 32.6 Å². The molecule has 60 heavy (non-hydrogen) atoms. The molecule has 0 aliphatic heterocycles. The minimum atomic E-state index is -4.27. The van der Waals surface area contributed by atoms with Crippen LogP contribution in [0.15, 0.2) is 111 Å². The molecule has 9 rings (SSSR count). The zero-order valence-corrected chi connectivity index (χ0v) is 34.9. The van der Waals surface area contributed by atoms with Crippen molar-refractivity contribution in [1.82, 2.24) is 9.13 Å². The van der Waals surface area contributed by atoms with Crippen LogP contribution in [0.2, 0.25) is 0 Å². The molecule has 0 bridgehead atoms. The zero-order chi connectivity index (χ0) is 43.1. The number of oxazole rings is 2. The smallest absolute Gasteiger partial charge is 0.345 e. The fraction of sp³-hybridized carbons (Fsp3) is 0.156. The summed E-state index contributed by atoms with van der Waals surface area (Å²) in [5.74, 6) is 15.2. The van der Waals surface area contributed by atoms with Gasteiger partial charge in [0.25, 0.3) is 11.0 Å². The standard InChI is InChI=1S/C22H14N2O3S.C16H15N2O.C7H8O3S.H2O2/c1-16-24(12-8-4-3-5-9-13-28-27-25)21-14-18-17-10-6-7-11-19(17)23(2)20(18)15-22(21)26-16;1-10-17(2)15-8-12-11-6-4-5-7-13(11)18(3)14(12)9-16(15)19-10;1-6-2-4-7(5-3-6)11(8,9)10;1-2/h6-7,10-11,14-15H,12H2,1-2H3;4-9H,1-3H3;2-5H,1H3,(H,8,9,10);1-2H/q;+1;;/p-1.